The quantitative estimate of drug-likeness (QED) is 0.820. The van der Waals surface area contributed by atoms with Crippen molar-refractivity contribution < 1.29 is 27.5 Å². The highest BCUT2D eigenvalue weighted by molar-refractivity contribution is 7.89. The van der Waals surface area contributed by atoms with Crippen LogP contribution < -0.4 is 0 Å². The van der Waals surface area contributed by atoms with E-state index in [-0.39, 0.29) is 41.2 Å². The molecule has 0 fully saturated rings. The van der Waals surface area contributed by atoms with Gasteiger partial charge in [-0.2, -0.15) is 4.31 Å². The second-order valence-electron chi connectivity index (χ2n) is 4.97. The van der Waals surface area contributed by atoms with Gasteiger partial charge in [0.2, 0.25) is 10.0 Å². The van der Waals surface area contributed by atoms with E-state index in [2.05, 4.69) is 0 Å². The third-order valence-corrected chi connectivity index (χ3v) is 4.96. The van der Waals surface area contributed by atoms with E-state index in [1.165, 1.54) is 20.9 Å². The first-order valence-corrected chi connectivity index (χ1v) is 7.94. The van der Waals surface area contributed by atoms with Gasteiger partial charge in [0.15, 0.2) is 0 Å². The van der Waals surface area contributed by atoms with E-state index in [1.54, 1.807) is 0 Å². The molecule has 0 bridgehead atoms. The van der Waals surface area contributed by atoms with Crippen molar-refractivity contribution in [3.05, 3.63) is 17.1 Å². The molecule has 0 aliphatic carbocycles. The van der Waals surface area contributed by atoms with Crippen molar-refractivity contribution in [1.82, 2.24) is 4.31 Å². The van der Waals surface area contributed by atoms with Crippen molar-refractivity contribution in [3.8, 4) is 0 Å². The maximum absolute atomic E-state index is 12.5. The van der Waals surface area contributed by atoms with Crippen molar-refractivity contribution >= 4 is 16.0 Å². The van der Waals surface area contributed by atoms with Gasteiger partial charge >= 0.3 is 5.97 Å². The summed E-state index contributed by atoms with van der Waals surface area (Å²) in [5.74, 6) is -1.18. The fourth-order valence-corrected chi connectivity index (χ4v) is 3.43. The lowest BCUT2D eigenvalue weighted by Gasteiger charge is -2.18. The molecule has 0 saturated carbocycles. The minimum absolute atomic E-state index is 0.00593. The van der Waals surface area contributed by atoms with Gasteiger partial charge in [-0.05, 0) is 27.7 Å². The summed E-state index contributed by atoms with van der Waals surface area (Å²) in [6.45, 7) is 6.91. The minimum Gasteiger partial charge on any atom is -0.478 e. The maximum atomic E-state index is 12.5. The smallest absolute Gasteiger partial charge is 0.340 e. The number of hydrogen-bond acceptors (Lipinski definition) is 5. The number of likely N-dealkylation sites (N-methyl/N-ethyl adjacent to an activating group) is 1. The minimum atomic E-state index is -3.94. The third kappa shape index (κ3) is 3.84. The van der Waals surface area contributed by atoms with Gasteiger partial charge in [0.1, 0.15) is 22.0 Å². The molecule has 8 heteroatoms. The Balaban J connectivity index is 3.11. The summed E-state index contributed by atoms with van der Waals surface area (Å²) in [4.78, 5) is 11.0. The summed E-state index contributed by atoms with van der Waals surface area (Å²) in [5.41, 5.74) is -0.316. The Labute approximate surface area is 124 Å². The summed E-state index contributed by atoms with van der Waals surface area (Å²) >= 11 is 0. The zero-order valence-corrected chi connectivity index (χ0v) is 13.7. The highest BCUT2D eigenvalue weighted by atomic mass is 32.2. The molecular weight excluding hydrogens is 298 g/mol. The zero-order chi connectivity index (χ0) is 16.4. The monoisotopic (exact) mass is 319 g/mol. The van der Waals surface area contributed by atoms with Gasteiger partial charge in [-0.15, -0.1) is 0 Å². The summed E-state index contributed by atoms with van der Waals surface area (Å²) < 4.78 is 36.6. The molecule has 0 saturated heterocycles. The Bertz CT molecular complexity index is 617. The maximum Gasteiger partial charge on any atom is 0.340 e. The SMILES string of the molecule is Cc1oc(C)c(S(=O)(=O)N(C)CCOC(C)C)c1C(=O)O. The van der Waals surface area contributed by atoms with E-state index in [4.69, 9.17) is 9.15 Å². The third-order valence-electron chi connectivity index (χ3n) is 2.94. The van der Waals surface area contributed by atoms with Crippen molar-refractivity contribution in [3.63, 3.8) is 0 Å². The van der Waals surface area contributed by atoms with Crippen LogP contribution in [0.1, 0.15) is 35.7 Å². The first-order chi connectivity index (χ1) is 9.59. The topological polar surface area (TPSA) is 97.0 Å². The lowest BCUT2D eigenvalue weighted by Crippen LogP contribution is -2.32. The number of nitrogens with zero attached hydrogens (tertiary/aromatic N) is 1. The molecule has 0 aromatic carbocycles. The Kier molecular flexibility index (Phi) is 5.54. The van der Waals surface area contributed by atoms with Crippen molar-refractivity contribution in [2.24, 2.45) is 0 Å². The number of aryl methyl sites for hydroxylation is 2. The van der Waals surface area contributed by atoms with E-state index in [0.717, 1.165) is 4.31 Å². The Hall–Kier alpha value is -1.38. The van der Waals surface area contributed by atoms with Gasteiger partial charge in [0.05, 0.1) is 12.7 Å². The molecule has 1 rings (SSSR count). The molecule has 0 spiro atoms. The van der Waals surface area contributed by atoms with Crippen LogP contribution >= 0.6 is 0 Å². The normalized spacial score (nSPS) is 12.3. The van der Waals surface area contributed by atoms with Crippen LogP contribution in [0, 0.1) is 13.8 Å². The molecule has 1 heterocycles. The number of sulfonamides is 1. The first-order valence-electron chi connectivity index (χ1n) is 6.50. The number of ether oxygens (including phenoxy) is 1. The Morgan fingerprint density at radius 2 is 1.90 bits per heavy atom. The van der Waals surface area contributed by atoms with Crippen LogP contribution in [0.4, 0.5) is 0 Å². The molecule has 0 radical (unpaired) electrons. The summed E-state index contributed by atoms with van der Waals surface area (Å²) in [5, 5.41) is 9.19. The van der Waals surface area contributed by atoms with Crippen LogP contribution in [0.3, 0.4) is 0 Å². The lowest BCUT2D eigenvalue weighted by molar-refractivity contribution is 0.0691. The molecule has 1 aromatic heterocycles. The van der Waals surface area contributed by atoms with E-state index in [9.17, 15) is 18.3 Å². The van der Waals surface area contributed by atoms with Gasteiger partial charge < -0.3 is 14.3 Å². The Morgan fingerprint density at radius 1 is 1.33 bits per heavy atom. The van der Waals surface area contributed by atoms with Crippen molar-refractivity contribution in [2.45, 2.75) is 38.7 Å². The second kappa shape index (κ2) is 6.59. The molecule has 0 aliphatic heterocycles. The number of rotatable bonds is 7. The number of furan rings is 1. The molecule has 0 unspecified atom stereocenters. The van der Waals surface area contributed by atoms with E-state index >= 15 is 0 Å². The number of aromatic carboxylic acids is 1. The number of carbonyl (C=O) groups is 1. The van der Waals surface area contributed by atoms with Crippen LogP contribution in [-0.2, 0) is 14.8 Å². The van der Waals surface area contributed by atoms with E-state index in [1.807, 2.05) is 13.8 Å². The molecule has 0 atom stereocenters. The molecule has 21 heavy (non-hydrogen) atoms. The van der Waals surface area contributed by atoms with Crippen molar-refractivity contribution in [1.29, 1.82) is 0 Å². The average molecular weight is 319 g/mol. The molecular formula is C13H21NO6S. The Morgan fingerprint density at radius 3 is 2.38 bits per heavy atom. The molecule has 0 amide bonds. The van der Waals surface area contributed by atoms with Gasteiger partial charge in [0, 0.05) is 13.6 Å². The molecule has 1 aromatic rings. The highest BCUT2D eigenvalue weighted by Gasteiger charge is 2.33. The van der Waals surface area contributed by atoms with Gasteiger partial charge in [-0.3, -0.25) is 0 Å². The second-order valence-corrected chi connectivity index (χ2v) is 6.95. The zero-order valence-electron chi connectivity index (χ0n) is 12.8. The van der Waals surface area contributed by atoms with Gasteiger partial charge in [-0.1, -0.05) is 0 Å². The van der Waals surface area contributed by atoms with Crippen LogP contribution in [0.25, 0.3) is 0 Å². The average Bonchev–Trinajstić information content (AvgIpc) is 2.64. The molecule has 7 nitrogen and oxygen atoms in total. The largest absolute Gasteiger partial charge is 0.478 e. The number of hydrogen-bond donors (Lipinski definition) is 1. The van der Waals surface area contributed by atoms with Crippen LogP contribution in [0.5, 0.6) is 0 Å². The predicted octanol–water partition coefficient (Wildman–Crippen LogP) is 1.64. The molecule has 0 aliphatic rings. The first kappa shape index (κ1) is 17.7. The van der Waals surface area contributed by atoms with E-state index < -0.39 is 16.0 Å². The fraction of sp³-hybridized carbons (Fsp3) is 0.615. The summed E-state index contributed by atoms with van der Waals surface area (Å²) in [6.07, 6.45) is -0.00593. The fourth-order valence-electron chi connectivity index (χ4n) is 1.91. The highest BCUT2D eigenvalue weighted by Crippen LogP contribution is 2.28. The van der Waals surface area contributed by atoms with E-state index in [0.29, 0.717) is 0 Å². The summed E-state index contributed by atoms with van der Waals surface area (Å²) in [6, 6.07) is 0. The molecule has 120 valence electrons. The summed E-state index contributed by atoms with van der Waals surface area (Å²) in [7, 11) is -2.56. The van der Waals surface area contributed by atoms with Gasteiger partial charge in [0.25, 0.3) is 0 Å². The molecule has 1 N–H and O–H groups in total. The van der Waals surface area contributed by atoms with Crippen molar-refractivity contribution in [2.75, 3.05) is 20.2 Å². The predicted molar refractivity (Wildman–Crippen MR) is 76.0 cm³/mol. The number of carboxylic acids is 1. The number of carboxylic acid groups (broad SMARTS) is 1. The van der Waals surface area contributed by atoms with Gasteiger partial charge in [-0.25, -0.2) is 13.2 Å². The van der Waals surface area contributed by atoms with Crippen LogP contribution in [0.2, 0.25) is 0 Å². The lowest BCUT2D eigenvalue weighted by atomic mass is 10.2. The van der Waals surface area contributed by atoms with Crippen LogP contribution in [0.15, 0.2) is 9.31 Å². The van der Waals surface area contributed by atoms with Crippen LogP contribution in [-0.4, -0.2) is 50.1 Å². The standard InChI is InChI=1S/C13H21NO6S/c1-8(2)19-7-6-14(5)21(17,18)12-10(4)20-9(3)11(12)13(15)16/h8H,6-7H2,1-5H3,(H,15,16).